The van der Waals surface area contributed by atoms with Gasteiger partial charge in [0.2, 0.25) is 0 Å². The number of carboxylic acids is 1. The maximum Gasteiger partial charge on any atom is 0.311 e. The van der Waals surface area contributed by atoms with Gasteiger partial charge in [0.25, 0.3) is 0 Å². The van der Waals surface area contributed by atoms with E-state index >= 15 is 0 Å². The van der Waals surface area contributed by atoms with Gasteiger partial charge >= 0.3 is 5.97 Å². The Morgan fingerprint density at radius 1 is 1.69 bits per heavy atom. The lowest BCUT2D eigenvalue weighted by atomic mass is 9.95. The fourth-order valence-electron chi connectivity index (χ4n) is 1.37. The number of nitrogens with zero attached hydrogens (tertiary/aromatic N) is 1. The van der Waals surface area contributed by atoms with Crippen LogP contribution in [0.2, 0.25) is 0 Å². The zero-order valence-electron chi connectivity index (χ0n) is 7.82. The third-order valence-electron chi connectivity index (χ3n) is 2.16. The predicted octanol–water partition coefficient (Wildman–Crippen LogP) is 1.97. The van der Waals surface area contributed by atoms with Crippen LogP contribution in [-0.4, -0.2) is 16.1 Å². The summed E-state index contributed by atoms with van der Waals surface area (Å²) >= 11 is 0. The second-order valence-electron chi connectivity index (χ2n) is 3.03. The summed E-state index contributed by atoms with van der Waals surface area (Å²) in [6, 6.07) is 1.83. The third-order valence-corrected chi connectivity index (χ3v) is 2.16. The topological polar surface area (TPSA) is 50.2 Å². The fourth-order valence-corrected chi connectivity index (χ4v) is 1.37. The summed E-state index contributed by atoms with van der Waals surface area (Å²) in [7, 11) is 0. The highest BCUT2D eigenvalue weighted by Gasteiger charge is 2.18. The molecule has 0 bridgehead atoms. The summed E-state index contributed by atoms with van der Waals surface area (Å²) < 4.78 is 0. The second-order valence-corrected chi connectivity index (χ2v) is 3.03. The van der Waals surface area contributed by atoms with Crippen LogP contribution in [-0.2, 0) is 4.79 Å². The maximum absolute atomic E-state index is 10.9. The molecule has 0 saturated heterocycles. The van der Waals surface area contributed by atoms with Crippen molar-refractivity contribution in [3.8, 4) is 0 Å². The normalized spacial score (nSPS) is 12.5. The first-order valence-corrected chi connectivity index (χ1v) is 4.30. The van der Waals surface area contributed by atoms with Gasteiger partial charge in [0.05, 0.1) is 5.92 Å². The van der Waals surface area contributed by atoms with Crippen molar-refractivity contribution in [1.29, 1.82) is 0 Å². The number of carboxylic acid groups (broad SMARTS) is 1. The largest absolute Gasteiger partial charge is 0.481 e. The Morgan fingerprint density at radius 2 is 2.38 bits per heavy atom. The molecule has 1 rings (SSSR count). The van der Waals surface area contributed by atoms with Crippen LogP contribution < -0.4 is 0 Å². The zero-order valence-corrected chi connectivity index (χ0v) is 7.82. The average molecular weight is 179 g/mol. The van der Waals surface area contributed by atoms with Crippen molar-refractivity contribution < 1.29 is 9.90 Å². The molecule has 0 spiro atoms. The van der Waals surface area contributed by atoms with E-state index in [2.05, 4.69) is 4.98 Å². The molecule has 0 amide bonds. The van der Waals surface area contributed by atoms with Crippen molar-refractivity contribution in [2.75, 3.05) is 0 Å². The van der Waals surface area contributed by atoms with Gasteiger partial charge in [-0.15, -0.1) is 0 Å². The number of hydrogen-bond donors (Lipinski definition) is 1. The molecule has 70 valence electrons. The quantitative estimate of drug-likeness (QED) is 0.771. The SMILES string of the molecule is CCC(C(=O)O)c1cnccc1C. The van der Waals surface area contributed by atoms with Crippen molar-refractivity contribution in [2.24, 2.45) is 0 Å². The minimum absolute atomic E-state index is 0.423. The lowest BCUT2D eigenvalue weighted by Crippen LogP contribution is -2.11. The van der Waals surface area contributed by atoms with Crippen LogP contribution in [0.5, 0.6) is 0 Å². The van der Waals surface area contributed by atoms with Crippen molar-refractivity contribution in [2.45, 2.75) is 26.2 Å². The van der Waals surface area contributed by atoms with Gasteiger partial charge in [0.15, 0.2) is 0 Å². The Bertz CT molecular complexity index is 310. The van der Waals surface area contributed by atoms with E-state index in [-0.39, 0.29) is 0 Å². The summed E-state index contributed by atoms with van der Waals surface area (Å²) in [4.78, 5) is 14.8. The Labute approximate surface area is 77.4 Å². The first-order valence-electron chi connectivity index (χ1n) is 4.30. The molecular weight excluding hydrogens is 166 g/mol. The first kappa shape index (κ1) is 9.71. The van der Waals surface area contributed by atoms with Crippen LogP contribution >= 0.6 is 0 Å². The molecule has 1 aromatic heterocycles. The lowest BCUT2D eigenvalue weighted by molar-refractivity contribution is -0.138. The number of carbonyl (C=O) groups is 1. The lowest BCUT2D eigenvalue weighted by Gasteiger charge is -2.11. The minimum Gasteiger partial charge on any atom is -0.481 e. The maximum atomic E-state index is 10.9. The molecule has 1 aromatic rings. The van der Waals surface area contributed by atoms with E-state index in [9.17, 15) is 4.79 Å². The molecule has 3 nitrogen and oxygen atoms in total. The molecule has 1 unspecified atom stereocenters. The van der Waals surface area contributed by atoms with E-state index in [4.69, 9.17) is 5.11 Å². The monoisotopic (exact) mass is 179 g/mol. The molecule has 0 fully saturated rings. The van der Waals surface area contributed by atoms with Gasteiger partial charge < -0.3 is 5.11 Å². The Balaban J connectivity index is 3.04. The second kappa shape index (κ2) is 4.03. The molecule has 1 atom stereocenters. The van der Waals surface area contributed by atoms with Crippen LogP contribution in [0.25, 0.3) is 0 Å². The summed E-state index contributed by atoms with van der Waals surface area (Å²) in [6.07, 6.45) is 3.91. The number of pyridine rings is 1. The predicted molar refractivity (Wildman–Crippen MR) is 49.6 cm³/mol. The van der Waals surface area contributed by atoms with Crippen LogP contribution in [0.1, 0.15) is 30.4 Å². The van der Waals surface area contributed by atoms with Gasteiger partial charge in [-0.05, 0) is 30.5 Å². The molecule has 0 aliphatic carbocycles. The van der Waals surface area contributed by atoms with E-state index < -0.39 is 11.9 Å². The number of rotatable bonds is 3. The molecule has 13 heavy (non-hydrogen) atoms. The fraction of sp³-hybridized carbons (Fsp3) is 0.400. The Kier molecular flexibility index (Phi) is 3.01. The molecule has 0 aliphatic heterocycles. The van der Waals surface area contributed by atoms with Crippen molar-refractivity contribution in [3.63, 3.8) is 0 Å². The molecule has 0 radical (unpaired) electrons. The van der Waals surface area contributed by atoms with E-state index in [1.807, 2.05) is 19.9 Å². The highest BCUT2D eigenvalue weighted by atomic mass is 16.4. The third kappa shape index (κ3) is 2.05. The number of hydrogen-bond acceptors (Lipinski definition) is 2. The molecular formula is C10H13NO2. The molecule has 0 saturated carbocycles. The molecule has 1 heterocycles. The standard InChI is InChI=1S/C10H13NO2/c1-3-8(10(12)13)9-6-11-5-4-7(9)2/h4-6,8H,3H2,1-2H3,(H,12,13). The summed E-state index contributed by atoms with van der Waals surface area (Å²) in [5.74, 6) is -1.20. The highest BCUT2D eigenvalue weighted by molar-refractivity contribution is 5.76. The van der Waals surface area contributed by atoms with Crippen molar-refractivity contribution in [1.82, 2.24) is 4.98 Å². The molecule has 0 aliphatic rings. The molecule has 3 heteroatoms. The number of aromatic nitrogens is 1. The minimum atomic E-state index is -0.779. The number of aliphatic carboxylic acids is 1. The van der Waals surface area contributed by atoms with E-state index in [1.165, 1.54) is 0 Å². The summed E-state index contributed by atoms with van der Waals surface area (Å²) in [5, 5.41) is 8.92. The van der Waals surface area contributed by atoms with Gasteiger partial charge in [-0.1, -0.05) is 6.92 Å². The Morgan fingerprint density at radius 3 is 2.85 bits per heavy atom. The highest BCUT2D eigenvalue weighted by Crippen LogP contribution is 2.21. The number of aryl methyl sites for hydroxylation is 1. The summed E-state index contributed by atoms with van der Waals surface area (Å²) in [6.45, 7) is 3.77. The van der Waals surface area contributed by atoms with Crippen LogP contribution in [0.15, 0.2) is 18.5 Å². The van der Waals surface area contributed by atoms with Crippen molar-refractivity contribution in [3.05, 3.63) is 29.6 Å². The van der Waals surface area contributed by atoms with Crippen molar-refractivity contribution >= 4 is 5.97 Å². The first-order chi connectivity index (χ1) is 6.16. The van der Waals surface area contributed by atoms with Crippen LogP contribution in [0.3, 0.4) is 0 Å². The van der Waals surface area contributed by atoms with Gasteiger partial charge in [-0.3, -0.25) is 9.78 Å². The Hall–Kier alpha value is -1.38. The van der Waals surface area contributed by atoms with Gasteiger partial charge in [0.1, 0.15) is 0 Å². The van der Waals surface area contributed by atoms with E-state index in [0.717, 1.165) is 11.1 Å². The van der Waals surface area contributed by atoms with E-state index in [0.29, 0.717) is 6.42 Å². The average Bonchev–Trinajstić information content (AvgIpc) is 2.09. The molecule has 0 aromatic carbocycles. The van der Waals surface area contributed by atoms with E-state index in [1.54, 1.807) is 12.4 Å². The van der Waals surface area contributed by atoms with Gasteiger partial charge in [-0.2, -0.15) is 0 Å². The van der Waals surface area contributed by atoms with Crippen LogP contribution in [0.4, 0.5) is 0 Å². The van der Waals surface area contributed by atoms with Crippen LogP contribution in [0, 0.1) is 6.92 Å². The van der Waals surface area contributed by atoms with Gasteiger partial charge in [0, 0.05) is 12.4 Å². The zero-order chi connectivity index (χ0) is 9.84. The van der Waals surface area contributed by atoms with Gasteiger partial charge in [-0.25, -0.2) is 0 Å². The smallest absolute Gasteiger partial charge is 0.311 e. The molecule has 1 N–H and O–H groups in total. The summed E-state index contributed by atoms with van der Waals surface area (Å²) in [5.41, 5.74) is 1.81.